The van der Waals surface area contributed by atoms with Crippen molar-refractivity contribution in [1.29, 1.82) is 0 Å². The van der Waals surface area contributed by atoms with E-state index in [1.807, 2.05) is 11.0 Å². The monoisotopic (exact) mass is 261 g/mol. The summed E-state index contributed by atoms with van der Waals surface area (Å²) in [5.74, 6) is 1.57. The van der Waals surface area contributed by atoms with Gasteiger partial charge >= 0.3 is 0 Å². The average molecular weight is 261 g/mol. The van der Waals surface area contributed by atoms with Gasteiger partial charge in [0.25, 0.3) is 0 Å². The zero-order valence-electron chi connectivity index (χ0n) is 10.9. The van der Waals surface area contributed by atoms with E-state index in [1.54, 1.807) is 0 Å². The van der Waals surface area contributed by atoms with Gasteiger partial charge in [0.2, 0.25) is 5.91 Å². The Kier molecular flexibility index (Phi) is 1.75. The molecule has 2 heterocycles. The molecule has 19 heavy (non-hydrogen) atoms. The van der Waals surface area contributed by atoms with Crippen LogP contribution in [0.25, 0.3) is 0 Å². The molecule has 7 atom stereocenters. The van der Waals surface area contributed by atoms with Gasteiger partial charge in [-0.15, -0.1) is 0 Å². The summed E-state index contributed by atoms with van der Waals surface area (Å²) >= 11 is 0. The normalized spacial score (nSPS) is 57.3. The number of ether oxygens (including phenoxy) is 1. The third kappa shape index (κ3) is 1.02. The fraction of sp³-hybridized carbons (Fsp3) is 0.800. The topological polar surface area (TPSA) is 49.8 Å². The third-order valence-electron chi connectivity index (χ3n) is 6.26. The summed E-state index contributed by atoms with van der Waals surface area (Å²) in [5.41, 5.74) is -0.605. The summed E-state index contributed by atoms with van der Waals surface area (Å²) in [5, 5.41) is 10.3. The molecule has 2 aliphatic heterocycles. The van der Waals surface area contributed by atoms with Crippen LogP contribution < -0.4 is 0 Å². The SMILES string of the molecule is C=CC12OC3C(O)C4CC3C1C4C(=O)N2CC1CC1. The molecule has 5 aliphatic rings. The third-order valence-corrected chi connectivity index (χ3v) is 6.26. The first-order valence-electron chi connectivity index (χ1n) is 7.48. The largest absolute Gasteiger partial charge is 0.390 e. The lowest BCUT2D eigenvalue weighted by atomic mass is 9.77. The molecule has 2 saturated heterocycles. The zero-order chi connectivity index (χ0) is 12.9. The number of carbonyl (C=O) groups excluding carboxylic acids is 1. The van der Waals surface area contributed by atoms with Crippen molar-refractivity contribution in [3.05, 3.63) is 12.7 Å². The lowest BCUT2D eigenvalue weighted by molar-refractivity contribution is -0.165. The number of likely N-dealkylation sites (tertiary alicyclic amines) is 1. The Morgan fingerprint density at radius 1 is 1.47 bits per heavy atom. The van der Waals surface area contributed by atoms with E-state index >= 15 is 0 Å². The highest BCUT2D eigenvalue weighted by Crippen LogP contribution is 2.68. The summed E-state index contributed by atoms with van der Waals surface area (Å²) in [4.78, 5) is 14.7. The van der Waals surface area contributed by atoms with Crippen LogP contribution in [0.5, 0.6) is 0 Å². The fourth-order valence-corrected chi connectivity index (χ4v) is 5.36. The van der Waals surface area contributed by atoms with Crippen molar-refractivity contribution >= 4 is 5.91 Å². The number of hydrogen-bond donors (Lipinski definition) is 1. The van der Waals surface area contributed by atoms with Crippen LogP contribution in [-0.4, -0.2) is 40.4 Å². The molecule has 4 heteroatoms. The Bertz CT molecular complexity index is 488. The number of amides is 1. The van der Waals surface area contributed by atoms with E-state index < -0.39 is 11.8 Å². The van der Waals surface area contributed by atoms with Gasteiger partial charge in [0, 0.05) is 12.5 Å². The standard InChI is InChI=1S/C15H19NO3/c1-2-15-11-9-5-8(12(17)13(9)19-15)10(11)14(18)16(15)6-7-3-4-7/h2,7-13,17H,1,3-6H2. The minimum atomic E-state index is -0.605. The van der Waals surface area contributed by atoms with E-state index in [4.69, 9.17) is 4.74 Å². The number of rotatable bonds is 3. The molecular formula is C15H19NO3. The van der Waals surface area contributed by atoms with Gasteiger partial charge in [0.1, 0.15) is 0 Å². The molecule has 0 spiro atoms. The molecule has 1 N–H and O–H groups in total. The maximum absolute atomic E-state index is 12.8. The Labute approximate surface area is 112 Å². The highest BCUT2D eigenvalue weighted by Gasteiger charge is 2.77. The van der Waals surface area contributed by atoms with E-state index in [0.717, 1.165) is 13.0 Å². The smallest absolute Gasteiger partial charge is 0.229 e. The molecular weight excluding hydrogens is 242 g/mol. The van der Waals surface area contributed by atoms with Crippen LogP contribution in [0, 0.1) is 29.6 Å². The first kappa shape index (κ1) is 10.9. The molecule has 1 amide bonds. The van der Waals surface area contributed by atoms with Gasteiger partial charge in [-0.25, -0.2) is 0 Å². The van der Waals surface area contributed by atoms with Crippen molar-refractivity contribution in [3.63, 3.8) is 0 Å². The van der Waals surface area contributed by atoms with Crippen LogP contribution in [0.4, 0.5) is 0 Å². The Balaban J connectivity index is 1.62. The minimum absolute atomic E-state index is 0.0181. The highest BCUT2D eigenvalue weighted by molar-refractivity contribution is 5.85. The molecule has 3 saturated carbocycles. The van der Waals surface area contributed by atoms with E-state index in [1.165, 1.54) is 12.8 Å². The number of hydrogen-bond acceptors (Lipinski definition) is 3. The molecule has 3 aliphatic carbocycles. The summed E-state index contributed by atoms with van der Waals surface area (Å²) in [6.45, 7) is 4.78. The second-order valence-corrected chi connectivity index (χ2v) is 7.04. The van der Waals surface area contributed by atoms with Crippen LogP contribution in [0.1, 0.15) is 19.3 Å². The highest BCUT2D eigenvalue weighted by atomic mass is 16.6. The van der Waals surface area contributed by atoms with Gasteiger partial charge in [-0.05, 0) is 43.1 Å². The number of nitrogens with zero attached hydrogens (tertiary/aromatic N) is 1. The van der Waals surface area contributed by atoms with Crippen molar-refractivity contribution in [2.75, 3.05) is 6.54 Å². The van der Waals surface area contributed by atoms with Gasteiger partial charge in [-0.3, -0.25) is 4.79 Å². The maximum Gasteiger partial charge on any atom is 0.229 e. The molecule has 102 valence electrons. The molecule has 5 fully saturated rings. The zero-order valence-corrected chi connectivity index (χ0v) is 10.9. The van der Waals surface area contributed by atoms with Crippen molar-refractivity contribution in [2.24, 2.45) is 29.6 Å². The van der Waals surface area contributed by atoms with Crippen molar-refractivity contribution in [2.45, 2.75) is 37.2 Å². The van der Waals surface area contributed by atoms with E-state index in [-0.39, 0.29) is 29.8 Å². The first-order valence-corrected chi connectivity index (χ1v) is 7.48. The Hall–Kier alpha value is -0.870. The molecule has 5 rings (SSSR count). The summed E-state index contributed by atoms with van der Waals surface area (Å²) in [7, 11) is 0. The van der Waals surface area contributed by atoms with Gasteiger partial charge in [0.15, 0.2) is 5.72 Å². The molecule has 0 aromatic heterocycles. The van der Waals surface area contributed by atoms with Crippen LogP contribution in [0.15, 0.2) is 12.7 Å². The average Bonchev–Trinajstić information content (AvgIpc) is 2.87. The predicted molar refractivity (Wildman–Crippen MR) is 66.8 cm³/mol. The molecule has 0 aromatic rings. The summed E-state index contributed by atoms with van der Waals surface area (Å²) in [6.07, 6.45) is 4.74. The summed E-state index contributed by atoms with van der Waals surface area (Å²) in [6, 6.07) is 0. The number of aliphatic hydroxyl groups is 1. The van der Waals surface area contributed by atoms with E-state index in [9.17, 15) is 9.90 Å². The van der Waals surface area contributed by atoms with E-state index in [0.29, 0.717) is 11.8 Å². The second kappa shape index (κ2) is 3.07. The quantitative estimate of drug-likeness (QED) is 0.763. The lowest BCUT2D eigenvalue weighted by Gasteiger charge is -2.36. The van der Waals surface area contributed by atoms with Crippen LogP contribution in [0.2, 0.25) is 0 Å². The van der Waals surface area contributed by atoms with Gasteiger partial charge in [-0.1, -0.05) is 6.58 Å². The molecule has 0 aromatic carbocycles. The molecule has 7 unspecified atom stereocenters. The van der Waals surface area contributed by atoms with Crippen molar-refractivity contribution in [1.82, 2.24) is 4.90 Å². The number of carbonyl (C=O) groups is 1. The first-order chi connectivity index (χ1) is 9.17. The summed E-state index contributed by atoms with van der Waals surface area (Å²) < 4.78 is 6.23. The van der Waals surface area contributed by atoms with Gasteiger partial charge in [0.05, 0.1) is 18.1 Å². The van der Waals surface area contributed by atoms with E-state index in [2.05, 4.69) is 6.58 Å². The molecule has 0 radical (unpaired) electrons. The molecule has 4 nitrogen and oxygen atoms in total. The van der Waals surface area contributed by atoms with Crippen LogP contribution in [0.3, 0.4) is 0 Å². The maximum atomic E-state index is 12.8. The van der Waals surface area contributed by atoms with Crippen molar-refractivity contribution < 1.29 is 14.6 Å². The number of fused-ring (bicyclic) bond motifs is 2. The molecule has 2 bridgehead atoms. The van der Waals surface area contributed by atoms with Gasteiger partial charge in [-0.2, -0.15) is 0 Å². The fourth-order valence-electron chi connectivity index (χ4n) is 5.36. The van der Waals surface area contributed by atoms with Crippen LogP contribution in [-0.2, 0) is 9.53 Å². The van der Waals surface area contributed by atoms with Crippen molar-refractivity contribution in [3.8, 4) is 0 Å². The lowest BCUT2D eigenvalue weighted by Crippen LogP contribution is -2.50. The van der Waals surface area contributed by atoms with Gasteiger partial charge < -0.3 is 14.7 Å². The second-order valence-electron chi connectivity index (χ2n) is 7.04. The Morgan fingerprint density at radius 3 is 2.95 bits per heavy atom. The Morgan fingerprint density at radius 2 is 2.26 bits per heavy atom. The predicted octanol–water partition coefficient (Wildman–Crippen LogP) is 0.763. The minimum Gasteiger partial charge on any atom is -0.390 e. The van der Waals surface area contributed by atoms with Crippen LogP contribution >= 0.6 is 0 Å². The number of aliphatic hydroxyl groups excluding tert-OH is 1.